The molecule has 0 aliphatic carbocycles. The minimum atomic E-state index is -1.83. The van der Waals surface area contributed by atoms with Gasteiger partial charge in [0.05, 0.1) is 25.6 Å². The van der Waals surface area contributed by atoms with Gasteiger partial charge < -0.3 is 90.8 Å². The number of aliphatic hydroxyl groups excluding tert-OH is 1. The van der Waals surface area contributed by atoms with E-state index >= 15 is 0 Å². The summed E-state index contributed by atoms with van der Waals surface area (Å²) >= 11 is 1.32. The number of nitrogens with two attached hydrogens (primary N) is 4. The van der Waals surface area contributed by atoms with Gasteiger partial charge in [-0.2, -0.15) is 11.8 Å². The summed E-state index contributed by atoms with van der Waals surface area (Å²) < 4.78 is 0. The number of benzene rings is 2. The Morgan fingerprint density at radius 2 is 1.27 bits per heavy atom. The lowest BCUT2D eigenvalue weighted by Gasteiger charge is -2.30. The Morgan fingerprint density at radius 1 is 0.683 bits per heavy atom. The van der Waals surface area contributed by atoms with Gasteiger partial charge in [0.25, 0.3) is 0 Å². The van der Waals surface area contributed by atoms with E-state index in [9.17, 15) is 73.2 Å². The van der Waals surface area contributed by atoms with Gasteiger partial charge in [0.15, 0.2) is 5.96 Å². The van der Waals surface area contributed by atoms with Crippen molar-refractivity contribution in [2.75, 3.05) is 44.8 Å². The normalized spacial score (nSPS) is 15.7. The van der Waals surface area contributed by atoms with Crippen LogP contribution in [0.4, 0.5) is 0 Å². The minimum absolute atomic E-state index is 0.00286. The molecule has 9 atom stereocenters. The third kappa shape index (κ3) is 23.9. The van der Waals surface area contributed by atoms with Gasteiger partial charge in [-0.15, -0.1) is 0 Å². The van der Waals surface area contributed by atoms with Crippen LogP contribution in [0, 0.1) is 0 Å². The molecule has 0 bridgehead atoms. The van der Waals surface area contributed by atoms with Crippen molar-refractivity contribution in [3.63, 3.8) is 0 Å². The Balaban J connectivity index is 1.76. The average Bonchev–Trinajstić information content (AvgIpc) is 4.07. The van der Waals surface area contributed by atoms with Crippen LogP contribution in [0.1, 0.15) is 75.8 Å². The zero-order valence-corrected chi connectivity index (χ0v) is 46.6. The highest BCUT2D eigenvalue weighted by atomic mass is 32.2. The molecule has 2 aromatic carbocycles. The molecule has 1 aliphatic heterocycles. The van der Waals surface area contributed by atoms with Gasteiger partial charge in [-0.25, -0.2) is 4.79 Å². The Hall–Kier alpha value is -8.09. The van der Waals surface area contributed by atoms with E-state index in [0.717, 1.165) is 0 Å². The number of phenolic OH excluding ortho intramolecular Hbond substituents is 1. The SMILES string of the molecule is CSCC[C@H](NC(=O)[C@H](CC(=O)O)NC(=O)[C@H](CCCCN)NC(=O)[C@H](Cc1ccccc1)NC(=O)[C@H](CO)NC(=O)[C@@H](N)Cc1ccc(O)cc1)C(=O)N1CCC[C@H]1C(=O)N[C@@H](C)C(=O)NCC(=O)N[C@@H](CCCN=C(N)N)C(=O)O. The number of hydrogen-bond acceptors (Lipinski definition) is 17. The lowest BCUT2D eigenvalue weighted by molar-refractivity contribution is -0.143. The number of aromatic hydroxyl groups is 1. The maximum Gasteiger partial charge on any atom is 0.326 e. The number of thioether (sulfide) groups is 1. The highest BCUT2D eigenvalue weighted by Gasteiger charge is 2.40. The number of nitrogens with zero attached hydrogens (tertiary/aromatic N) is 2. The van der Waals surface area contributed by atoms with Crippen LogP contribution in [0.5, 0.6) is 5.75 Å². The van der Waals surface area contributed by atoms with Crippen LogP contribution >= 0.6 is 11.8 Å². The zero-order valence-electron chi connectivity index (χ0n) is 45.8. The van der Waals surface area contributed by atoms with Crippen LogP contribution in [0.2, 0.25) is 0 Å². The van der Waals surface area contributed by atoms with Crippen LogP contribution in [0.3, 0.4) is 0 Å². The smallest absolute Gasteiger partial charge is 0.326 e. The molecule has 0 spiro atoms. The highest BCUT2D eigenvalue weighted by molar-refractivity contribution is 7.98. The van der Waals surface area contributed by atoms with Crippen molar-refractivity contribution in [2.45, 2.75) is 132 Å². The molecule has 29 nitrogen and oxygen atoms in total. The molecule has 82 heavy (non-hydrogen) atoms. The summed E-state index contributed by atoms with van der Waals surface area (Å²) in [5.74, 6) is -10.7. The molecular weight excluding hydrogens is 1090 g/mol. The fourth-order valence-electron chi connectivity index (χ4n) is 8.44. The van der Waals surface area contributed by atoms with Crippen molar-refractivity contribution >= 4 is 82.8 Å². The molecule has 0 radical (unpaired) electrons. The first-order chi connectivity index (χ1) is 39.0. The number of guanidine groups is 1. The number of likely N-dealkylation sites (tertiary alicyclic amines) is 1. The van der Waals surface area contributed by atoms with E-state index in [1.54, 1.807) is 48.7 Å². The molecule has 1 saturated heterocycles. The largest absolute Gasteiger partial charge is 0.508 e. The molecular formula is C52H78N14O15S. The molecule has 1 fully saturated rings. The first kappa shape index (κ1) is 68.2. The Kier molecular flexibility index (Phi) is 29.6. The number of hydrogen-bond donors (Lipinski definition) is 16. The van der Waals surface area contributed by atoms with Gasteiger partial charge in [0.1, 0.15) is 54.1 Å². The van der Waals surface area contributed by atoms with Gasteiger partial charge in [0.2, 0.25) is 53.2 Å². The molecule has 3 rings (SSSR count). The van der Waals surface area contributed by atoms with Crippen molar-refractivity contribution in [2.24, 2.45) is 27.9 Å². The number of nitrogens with one attached hydrogen (secondary N) is 8. The summed E-state index contributed by atoms with van der Waals surface area (Å²) in [7, 11) is 0. The monoisotopic (exact) mass is 1170 g/mol. The molecule has 452 valence electrons. The van der Waals surface area contributed by atoms with Crippen LogP contribution in [-0.2, 0) is 65.6 Å². The number of unbranched alkanes of at least 4 members (excludes halogenated alkanes) is 1. The number of carboxylic acids is 2. The van der Waals surface area contributed by atoms with Crippen molar-refractivity contribution < 1.29 is 73.2 Å². The van der Waals surface area contributed by atoms with Gasteiger partial charge in [0, 0.05) is 19.5 Å². The second kappa shape index (κ2) is 35.6. The third-order valence-corrected chi connectivity index (χ3v) is 13.5. The number of phenols is 1. The summed E-state index contributed by atoms with van der Waals surface area (Å²) in [5.41, 5.74) is 23.5. The minimum Gasteiger partial charge on any atom is -0.508 e. The second-order valence-corrected chi connectivity index (χ2v) is 20.3. The second-order valence-electron chi connectivity index (χ2n) is 19.4. The van der Waals surface area contributed by atoms with Gasteiger partial charge in [-0.05, 0) is 107 Å². The highest BCUT2D eigenvalue weighted by Crippen LogP contribution is 2.21. The number of carboxylic acid groups (broad SMARTS) is 2. The van der Waals surface area contributed by atoms with Crippen LogP contribution < -0.4 is 65.5 Å². The molecule has 0 saturated carbocycles. The lowest BCUT2D eigenvalue weighted by Crippen LogP contribution is -2.61. The van der Waals surface area contributed by atoms with Gasteiger partial charge in [-0.1, -0.05) is 42.5 Å². The third-order valence-electron chi connectivity index (χ3n) is 12.9. The van der Waals surface area contributed by atoms with Crippen molar-refractivity contribution in [1.82, 2.24) is 47.4 Å². The van der Waals surface area contributed by atoms with Crippen molar-refractivity contribution in [3.8, 4) is 5.75 Å². The number of rotatable bonds is 36. The summed E-state index contributed by atoms with van der Waals surface area (Å²) in [4.78, 5) is 152. The average molecular weight is 1170 g/mol. The number of aliphatic hydroxyl groups is 1. The number of amides is 9. The van der Waals surface area contributed by atoms with E-state index in [1.807, 2.05) is 0 Å². The number of carbonyl (C=O) groups is 11. The fourth-order valence-corrected chi connectivity index (χ4v) is 8.92. The maximum absolute atomic E-state index is 14.3. The van der Waals surface area contributed by atoms with Crippen LogP contribution in [-0.4, -0.2) is 196 Å². The van der Waals surface area contributed by atoms with Crippen LogP contribution in [0.15, 0.2) is 59.6 Å². The van der Waals surface area contributed by atoms with E-state index in [0.29, 0.717) is 29.7 Å². The fraction of sp³-hybridized carbons (Fsp3) is 0.538. The predicted molar refractivity (Wildman–Crippen MR) is 300 cm³/mol. The molecule has 1 aliphatic rings. The predicted octanol–water partition coefficient (Wildman–Crippen LogP) is -4.49. The molecule has 1 heterocycles. The van der Waals surface area contributed by atoms with Crippen molar-refractivity contribution in [3.05, 3.63) is 65.7 Å². The summed E-state index contributed by atoms with van der Waals surface area (Å²) in [5, 5.41) is 58.8. The molecule has 20 N–H and O–H groups in total. The Labute approximate surface area is 478 Å². The molecule has 30 heteroatoms. The van der Waals surface area contributed by atoms with E-state index in [4.69, 9.17) is 22.9 Å². The first-order valence-electron chi connectivity index (χ1n) is 26.5. The summed E-state index contributed by atoms with van der Waals surface area (Å²) in [6, 6.07) is 1.75. The van der Waals surface area contributed by atoms with E-state index in [1.165, 1.54) is 35.7 Å². The molecule has 0 unspecified atom stereocenters. The number of aliphatic imine (C=N–C) groups is 1. The van der Waals surface area contributed by atoms with E-state index < -0.39 is 139 Å². The van der Waals surface area contributed by atoms with Gasteiger partial charge >= 0.3 is 11.9 Å². The Morgan fingerprint density at radius 3 is 1.89 bits per heavy atom. The first-order valence-corrected chi connectivity index (χ1v) is 27.9. The molecule has 2 aromatic rings. The number of carbonyl (C=O) groups excluding carboxylic acids is 9. The summed E-state index contributed by atoms with van der Waals surface area (Å²) in [6.07, 6.45) is 1.83. The number of aliphatic carboxylic acids is 2. The summed E-state index contributed by atoms with van der Waals surface area (Å²) in [6.45, 7) is 0.140. The van der Waals surface area contributed by atoms with Gasteiger partial charge in [-0.3, -0.25) is 52.9 Å². The van der Waals surface area contributed by atoms with Crippen LogP contribution in [0.25, 0.3) is 0 Å². The quantitative estimate of drug-likeness (QED) is 0.0174. The Bertz CT molecular complexity index is 2530. The van der Waals surface area contributed by atoms with E-state index in [2.05, 4.69) is 47.5 Å². The van der Waals surface area contributed by atoms with Crippen molar-refractivity contribution in [1.29, 1.82) is 0 Å². The topological polar surface area (TPSA) is 485 Å². The maximum atomic E-state index is 14.3. The molecule has 9 amide bonds. The molecule has 0 aromatic heterocycles. The lowest BCUT2D eigenvalue weighted by atomic mass is 10.0. The van der Waals surface area contributed by atoms with E-state index in [-0.39, 0.29) is 82.7 Å². The zero-order chi connectivity index (χ0) is 60.9. The standard InChI is InChI=1S/C52H78N14O15S/c1-29(43(72)58-27-41(69)60-36(51(80)81)13-8-21-57-52(55)56)59-49(78)40-14-9-22-66(40)50(79)35(19-23-82-2)62-47(76)38(26-42(70)71)64-45(74)34(12-6-7-20-53)61-46(75)37(25-30-10-4-3-5-11-30)63-48(77)39(28-67)65-44(73)33(54)24-31-15-17-32(68)18-16-31/h3-5,10-11,15-18,29,33-40,67-68H,6-9,12-14,19-28,53-54H2,1-2H3,(H,58,72)(H,59,78)(H,60,69)(H,61,75)(H,62,76)(H,63,77)(H,64,74)(H,65,73)(H,70,71)(H,80,81)(H4,55,56,57)/t29-,33-,34-,35-,36-,37-,38-,39-,40-/m0/s1.